The zero-order valence-electron chi connectivity index (χ0n) is 18.2. The fourth-order valence-electron chi connectivity index (χ4n) is 4.40. The van der Waals surface area contributed by atoms with Crippen LogP contribution in [0.4, 0.5) is 4.79 Å². The highest BCUT2D eigenvalue weighted by Crippen LogP contribution is 2.44. The second-order valence-electron chi connectivity index (χ2n) is 8.16. The van der Waals surface area contributed by atoms with Gasteiger partial charge in [0.25, 0.3) is 0 Å². The van der Waals surface area contributed by atoms with Gasteiger partial charge in [-0.15, -0.1) is 0 Å². The van der Waals surface area contributed by atoms with E-state index in [1.54, 1.807) is 12.2 Å². The number of benzene rings is 2. The van der Waals surface area contributed by atoms with Crippen LogP contribution in [0.1, 0.15) is 23.5 Å². The maximum absolute atomic E-state index is 12.6. The molecule has 2 amide bonds. The minimum Gasteiger partial charge on any atom is -0.481 e. The lowest BCUT2D eigenvalue weighted by molar-refractivity contribution is -0.140. The first-order valence-electron chi connectivity index (χ1n) is 10.8. The zero-order chi connectivity index (χ0) is 23.4. The second-order valence-corrected chi connectivity index (χ2v) is 8.16. The number of carbonyl (C=O) groups excluding carboxylic acids is 2. The highest BCUT2D eigenvalue weighted by atomic mass is 16.5. The van der Waals surface area contributed by atoms with Gasteiger partial charge >= 0.3 is 12.1 Å². The predicted octanol–water partition coefficient (Wildman–Crippen LogP) is 2.69. The van der Waals surface area contributed by atoms with Crippen LogP contribution in [0.2, 0.25) is 0 Å². The highest BCUT2D eigenvalue weighted by Gasteiger charge is 2.31. The summed E-state index contributed by atoms with van der Waals surface area (Å²) in [7, 11) is 1.43. The van der Waals surface area contributed by atoms with Crippen LogP contribution in [-0.4, -0.2) is 55.5 Å². The number of rotatable bonds is 8. The third-order valence-electron chi connectivity index (χ3n) is 6.01. The Bertz CT molecular complexity index is 1040. The maximum atomic E-state index is 12.6. The summed E-state index contributed by atoms with van der Waals surface area (Å²) < 4.78 is 10.6. The van der Waals surface area contributed by atoms with Crippen molar-refractivity contribution < 1.29 is 29.0 Å². The summed E-state index contributed by atoms with van der Waals surface area (Å²) in [4.78, 5) is 36.3. The number of hydrogen-bond donors (Lipinski definition) is 3. The van der Waals surface area contributed by atoms with Crippen molar-refractivity contribution in [1.29, 1.82) is 0 Å². The van der Waals surface area contributed by atoms with Gasteiger partial charge in [0.15, 0.2) is 0 Å². The molecule has 2 aliphatic carbocycles. The number of methoxy groups -OCH3 is 1. The Balaban J connectivity index is 1.36. The third kappa shape index (κ3) is 4.90. The summed E-state index contributed by atoms with van der Waals surface area (Å²) in [5.74, 6) is -2.13. The fraction of sp³-hybridized carbons (Fsp3) is 0.320. The fourth-order valence-corrected chi connectivity index (χ4v) is 4.40. The van der Waals surface area contributed by atoms with Crippen LogP contribution in [0, 0.1) is 5.92 Å². The van der Waals surface area contributed by atoms with E-state index >= 15 is 0 Å². The molecule has 2 aromatic carbocycles. The third-order valence-corrected chi connectivity index (χ3v) is 6.01. The van der Waals surface area contributed by atoms with Gasteiger partial charge in [-0.25, -0.2) is 4.79 Å². The van der Waals surface area contributed by atoms with E-state index in [-0.39, 0.29) is 25.6 Å². The van der Waals surface area contributed by atoms with Crippen LogP contribution in [0.3, 0.4) is 0 Å². The lowest BCUT2D eigenvalue weighted by atomic mass is 9.98. The number of alkyl carbamates (subject to hydrolysis) is 1. The molecule has 3 atom stereocenters. The van der Waals surface area contributed by atoms with E-state index in [9.17, 15) is 14.4 Å². The molecular weight excluding hydrogens is 424 g/mol. The summed E-state index contributed by atoms with van der Waals surface area (Å²) in [5, 5.41) is 14.4. The summed E-state index contributed by atoms with van der Waals surface area (Å²) in [6, 6.07) is 14.7. The molecule has 0 radical (unpaired) electrons. The summed E-state index contributed by atoms with van der Waals surface area (Å²) >= 11 is 0. The molecule has 0 aromatic heterocycles. The smallest absolute Gasteiger partial charge is 0.407 e. The van der Waals surface area contributed by atoms with Crippen molar-refractivity contribution >= 4 is 18.0 Å². The Labute approximate surface area is 191 Å². The number of carboxylic acids is 1. The Morgan fingerprint density at radius 1 is 1.03 bits per heavy atom. The first-order valence-corrected chi connectivity index (χ1v) is 10.8. The van der Waals surface area contributed by atoms with E-state index in [0.29, 0.717) is 0 Å². The van der Waals surface area contributed by atoms with Gasteiger partial charge in [0.05, 0.1) is 12.5 Å². The molecule has 8 heteroatoms. The number of nitrogens with one attached hydrogen (secondary N) is 2. The van der Waals surface area contributed by atoms with Gasteiger partial charge in [0, 0.05) is 19.1 Å². The number of aliphatic carboxylic acids is 1. The van der Waals surface area contributed by atoms with Gasteiger partial charge < -0.3 is 25.2 Å². The molecule has 3 N–H and O–H groups in total. The summed E-state index contributed by atoms with van der Waals surface area (Å²) in [6.07, 6.45) is 2.75. The van der Waals surface area contributed by atoms with E-state index in [4.69, 9.17) is 14.6 Å². The molecule has 0 bridgehead atoms. The van der Waals surface area contributed by atoms with E-state index < -0.39 is 36.0 Å². The van der Waals surface area contributed by atoms with E-state index in [2.05, 4.69) is 22.8 Å². The molecule has 2 aliphatic rings. The van der Waals surface area contributed by atoms with Crippen LogP contribution in [-0.2, 0) is 19.1 Å². The molecule has 0 heterocycles. The largest absolute Gasteiger partial charge is 0.481 e. The molecule has 4 rings (SSSR count). The summed E-state index contributed by atoms with van der Waals surface area (Å²) in [5.41, 5.74) is 4.45. The minimum absolute atomic E-state index is 0.0468. The van der Waals surface area contributed by atoms with Crippen molar-refractivity contribution in [2.24, 2.45) is 5.92 Å². The molecule has 2 aromatic rings. The average molecular weight is 450 g/mol. The molecule has 33 heavy (non-hydrogen) atoms. The van der Waals surface area contributed by atoms with Crippen LogP contribution >= 0.6 is 0 Å². The minimum atomic E-state index is -0.970. The Morgan fingerprint density at radius 3 is 2.24 bits per heavy atom. The normalized spacial score (nSPS) is 19.4. The lowest BCUT2D eigenvalue weighted by Crippen LogP contribution is -2.51. The van der Waals surface area contributed by atoms with Crippen molar-refractivity contribution in [2.75, 3.05) is 20.3 Å². The van der Waals surface area contributed by atoms with Gasteiger partial charge in [-0.2, -0.15) is 0 Å². The Hall–Kier alpha value is -3.65. The van der Waals surface area contributed by atoms with Gasteiger partial charge in [-0.05, 0) is 28.7 Å². The first-order chi connectivity index (χ1) is 16.0. The van der Waals surface area contributed by atoms with Gasteiger partial charge in [-0.1, -0.05) is 60.7 Å². The lowest BCUT2D eigenvalue weighted by Gasteiger charge is -2.21. The van der Waals surface area contributed by atoms with Gasteiger partial charge in [0.2, 0.25) is 5.91 Å². The van der Waals surface area contributed by atoms with Crippen molar-refractivity contribution in [3.8, 4) is 11.1 Å². The van der Waals surface area contributed by atoms with Crippen LogP contribution < -0.4 is 10.6 Å². The standard InChI is InChI=1S/C25H26N2O6/c1-32-14-22(23(28)26-16-11-10-15(12-16)24(29)30)27-25(31)33-13-21-19-8-4-2-6-17(19)18-7-3-5-9-20(18)21/h2-11,15-16,21-22H,12-14H2,1H3,(H,26,28)(H,27,31)(H,29,30). The van der Waals surface area contributed by atoms with Crippen molar-refractivity contribution in [3.05, 3.63) is 71.8 Å². The molecular formula is C25H26N2O6. The van der Waals surface area contributed by atoms with Crippen molar-refractivity contribution in [3.63, 3.8) is 0 Å². The van der Waals surface area contributed by atoms with Crippen LogP contribution in [0.15, 0.2) is 60.7 Å². The van der Waals surface area contributed by atoms with Crippen molar-refractivity contribution in [1.82, 2.24) is 10.6 Å². The molecule has 3 unspecified atom stereocenters. The van der Waals surface area contributed by atoms with Crippen molar-refractivity contribution in [2.45, 2.75) is 24.4 Å². The number of ether oxygens (including phenoxy) is 2. The molecule has 0 spiro atoms. The number of carbonyl (C=O) groups is 3. The molecule has 0 saturated heterocycles. The second kappa shape index (κ2) is 9.87. The quantitative estimate of drug-likeness (QED) is 0.533. The molecule has 0 aliphatic heterocycles. The number of fused-ring (bicyclic) bond motifs is 3. The van der Waals surface area contributed by atoms with Gasteiger partial charge in [-0.3, -0.25) is 9.59 Å². The number of amides is 2. The molecule has 0 fully saturated rings. The number of hydrogen-bond acceptors (Lipinski definition) is 5. The van der Waals surface area contributed by atoms with E-state index in [1.165, 1.54) is 7.11 Å². The molecule has 172 valence electrons. The zero-order valence-corrected chi connectivity index (χ0v) is 18.2. The maximum Gasteiger partial charge on any atom is 0.407 e. The first kappa shape index (κ1) is 22.5. The SMILES string of the molecule is COCC(NC(=O)OCC1c2ccccc2-c2ccccc21)C(=O)NC1C=CC(C(=O)O)C1. The Morgan fingerprint density at radius 2 is 1.67 bits per heavy atom. The molecule has 8 nitrogen and oxygen atoms in total. The molecule has 0 saturated carbocycles. The number of carboxylic acid groups (broad SMARTS) is 1. The summed E-state index contributed by atoms with van der Waals surface area (Å²) in [6.45, 7) is 0.0850. The Kier molecular flexibility index (Phi) is 6.74. The monoisotopic (exact) mass is 450 g/mol. The van der Waals surface area contributed by atoms with Crippen LogP contribution in [0.5, 0.6) is 0 Å². The van der Waals surface area contributed by atoms with Crippen LogP contribution in [0.25, 0.3) is 11.1 Å². The average Bonchev–Trinajstić information content (AvgIpc) is 3.40. The highest BCUT2D eigenvalue weighted by molar-refractivity contribution is 5.86. The van der Waals surface area contributed by atoms with E-state index in [0.717, 1.165) is 22.3 Å². The van der Waals surface area contributed by atoms with E-state index in [1.807, 2.05) is 36.4 Å². The predicted molar refractivity (Wildman–Crippen MR) is 121 cm³/mol. The topological polar surface area (TPSA) is 114 Å². The van der Waals surface area contributed by atoms with Gasteiger partial charge in [0.1, 0.15) is 12.6 Å².